The summed E-state index contributed by atoms with van der Waals surface area (Å²) in [5.74, 6) is 1.72. The standard InChI is InChI=1S/C34H56N2O4/c1-21(37)35-26-12-13-32(6)25(29(26,2)3)11-14-34(8)27(32)24(38)19-22-23-20-31(5,28(39)36(9)40-10)16-15-30(23,4)17-18-33(22,34)7/h22-23,25-27H,11-20H2,1-10H3,(H,35,37)/t22-,23-,25?,26+,27-,30-,31+,32+,33-,34-/m1/s1. The molecule has 10 atom stereocenters. The molecule has 0 heterocycles. The van der Waals surface area contributed by atoms with Gasteiger partial charge in [0.05, 0.1) is 7.11 Å². The van der Waals surface area contributed by atoms with Crippen LogP contribution in [0.5, 0.6) is 0 Å². The van der Waals surface area contributed by atoms with Gasteiger partial charge in [0.2, 0.25) is 5.91 Å². The molecule has 0 radical (unpaired) electrons. The Morgan fingerprint density at radius 1 is 0.875 bits per heavy atom. The number of rotatable bonds is 3. The van der Waals surface area contributed by atoms with Gasteiger partial charge in [0, 0.05) is 37.8 Å². The van der Waals surface area contributed by atoms with Gasteiger partial charge in [-0.15, -0.1) is 0 Å². The first-order valence-electron chi connectivity index (χ1n) is 16.0. The number of Topliss-reactive ketones (excluding diaryl/α,β-unsaturated/α-hetero) is 1. The number of amides is 2. The minimum atomic E-state index is -0.455. The third-order valence-electron chi connectivity index (χ3n) is 14.6. The first kappa shape index (κ1) is 30.0. The number of fused-ring (bicyclic) bond motifs is 7. The Balaban J connectivity index is 1.51. The predicted octanol–water partition coefficient (Wildman–Crippen LogP) is 6.57. The van der Waals surface area contributed by atoms with E-state index in [4.69, 9.17) is 4.84 Å². The van der Waals surface area contributed by atoms with Crippen molar-refractivity contribution in [2.75, 3.05) is 14.2 Å². The molecule has 1 N–H and O–H groups in total. The molecule has 0 spiro atoms. The van der Waals surface area contributed by atoms with E-state index >= 15 is 0 Å². The molecule has 6 nitrogen and oxygen atoms in total. The Morgan fingerprint density at radius 3 is 2.15 bits per heavy atom. The van der Waals surface area contributed by atoms with Crippen LogP contribution >= 0.6 is 0 Å². The van der Waals surface area contributed by atoms with Crippen molar-refractivity contribution >= 4 is 17.6 Å². The Hall–Kier alpha value is -1.43. The maximum Gasteiger partial charge on any atom is 0.251 e. The summed E-state index contributed by atoms with van der Waals surface area (Å²) in [5, 5.41) is 4.68. The van der Waals surface area contributed by atoms with Crippen molar-refractivity contribution in [2.45, 2.75) is 126 Å². The zero-order chi connectivity index (χ0) is 29.7. The fraction of sp³-hybridized carbons (Fsp3) is 0.912. The van der Waals surface area contributed by atoms with Gasteiger partial charge in [-0.2, -0.15) is 0 Å². The highest BCUT2D eigenvalue weighted by molar-refractivity contribution is 5.85. The molecule has 5 fully saturated rings. The molecule has 0 saturated heterocycles. The second kappa shape index (κ2) is 9.28. The molecule has 1 unspecified atom stereocenters. The SMILES string of the molecule is CON(C)C(=O)[C@@]1(C)CC[C@]2(C)CC[C@]3(C)[C@H](CC(=O)[C@@H]4[C@@]5(C)CC[C@H](NC(C)=O)C(C)(C)C5CC[C@]43C)[C@H]2C1. The Kier molecular flexibility index (Phi) is 6.97. The monoisotopic (exact) mass is 556 g/mol. The Bertz CT molecular complexity index is 1090. The highest BCUT2D eigenvalue weighted by atomic mass is 16.7. The number of hydrogen-bond donors (Lipinski definition) is 1. The van der Waals surface area contributed by atoms with Gasteiger partial charge in [0.25, 0.3) is 5.91 Å². The highest BCUT2D eigenvalue weighted by Gasteiger charge is 2.72. The fourth-order valence-corrected chi connectivity index (χ4v) is 12.1. The summed E-state index contributed by atoms with van der Waals surface area (Å²) in [7, 11) is 3.29. The molecular formula is C34H56N2O4. The molecule has 5 rings (SSSR count). The van der Waals surface area contributed by atoms with Crippen LogP contribution < -0.4 is 5.32 Å². The van der Waals surface area contributed by atoms with Crippen molar-refractivity contribution in [1.29, 1.82) is 0 Å². The van der Waals surface area contributed by atoms with Crippen LogP contribution in [-0.2, 0) is 19.2 Å². The van der Waals surface area contributed by atoms with E-state index in [1.54, 1.807) is 21.1 Å². The maximum absolute atomic E-state index is 14.6. The van der Waals surface area contributed by atoms with Crippen molar-refractivity contribution in [3.8, 4) is 0 Å². The molecule has 5 aliphatic rings. The van der Waals surface area contributed by atoms with E-state index in [-0.39, 0.29) is 50.8 Å². The molecule has 40 heavy (non-hydrogen) atoms. The lowest BCUT2D eigenvalue weighted by Gasteiger charge is -2.73. The van der Waals surface area contributed by atoms with Crippen LogP contribution in [0.4, 0.5) is 0 Å². The number of nitrogens with zero attached hydrogens (tertiary/aromatic N) is 1. The number of hydroxylamine groups is 2. The van der Waals surface area contributed by atoms with Crippen LogP contribution in [-0.4, -0.2) is 42.9 Å². The molecule has 5 aliphatic carbocycles. The molecule has 0 bridgehead atoms. The van der Waals surface area contributed by atoms with Gasteiger partial charge in [0.1, 0.15) is 5.78 Å². The largest absolute Gasteiger partial charge is 0.353 e. The van der Waals surface area contributed by atoms with E-state index in [1.807, 2.05) is 0 Å². The molecule has 226 valence electrons. The number of nitrogens with one attached hydrogen (secondary N) is 1. The lowest BCUT2D eigenvalue weighted by atomic mass is 9.31. The summed E-state index contributed by atoms with van der Waals surface area (Å²) in [6, 6.07) is 0.160. The number of hydrogen-bond acceptors (Lipinski definition) is 4. The maximum atomic E-state index is 14.6. The smallest absolute Gasteiger partial charge is 0.251 e. The third kappa shape index (κ3) is 3.93. The Morgan fingerprint density at radius 2 is 1.52 bits per heavy atom. The van der Waals surface area contributed by atoms with Crippen molar-refractivity contribution < 1.29 is 19.2 Å². The van der Waals surface area contributed by atoms with Gasteiger partial charge in [-0.25, -0.2) is 5.06 Å². The molecule has 0 aromatic rings. The Labute approximate surface area is 243 Å². The van der Waals surface area contributed by atoms with E-state index in [9.17, 15) is 14.4 Å². The van der Waals surface area contributed by atoms with Crippen molar-refractivity contribution in [3.63, 3.8) is 0 Å². The van der Waals surface area contributed by atoms with Gasteiger partial charge in [-0.05, 0) is 103 Å². The molecule has 0 aromatic heterocycles. The molecule has 6 heteroatoms. The van der Waals surface area contributed by atoms with Gasteiger partial charge in [0.15, 0.2) is 0 Å². The summed E-state index contributed by atoms with van der Waals surface area (Å²) < 4.78 is 0. The van der Waals surface area contributed by atoms with Crippen LogP contribution in [0.1, 0.15) is 120 Å². The highest BCUT2D eigenvalue weighted by Crippen LogP contribution is 2.76. The van der Waals surface area contributed by atoms with E-state index in [0.717, 1.165) is 44.9 Å². The summed E-state index contributed by atoms with van der Waals surface area (Å²) in [6.45, 7) is 18.3. The molecule has 0 aliphatic heterocycles. The number of ketones is 1. The first-order chi connectivity index (χ1) is 18.4. The first-order valence-corrected chi connectivity index (χ1v) is 16.0. The van der Waals surface area contributed by atoms with Gasteiger partial charge in [-0.3, -0.25) is 19.2 Å². The summed E-state index contributed by atoms with van der Waals surface area (Å²) >= 11 is 0. The molecule has 0 aromatic carbocycles. The lowest BCUT2D eigenvalue weighted by molar-refractivity contribution is -0.237. The van der Waals surface area contributed by atoms with Crippen molar-refractivity contribution in [1.82, 2.24) is 10.4 Å². The summed E-state index contributed by atoms with van der Waals surface area (Å²) in [5.41, 5.74) is -0.381. The van der Waals surface area contributed by atoms with Gasteiger partial charge >= 0.3 is 0 Å². The van der Waals surface area contributed by atoms with E-state index in [2.05, 4.69) is 53.8 Å². The van der Waals surface area contributed by atoms with Gasteiger partial charge in [-0.1, -0.05) is 48.5 Å². The van der Waals surface area contributed by atoms with Crippen LogP contribution in [0.15, 0.2) is 0 Å². The zero-order valence-corrected chi connectivity index (χ0v) is 27.0. The average molecular weight is 557 g/mol. The predicted molar refractivity (Wildman–Crippen MR) is 157 cm³/mol. The lowest BCUT2D eigenvalue weighted by Crippen LogP contribution is -2.70. The van der Waals surface area contributed by atoms with E-state index < -0.39 is 5.41 Å². The minimum Gasteiger partial charge on any atom is -0.353 e. The van der Waals surface area contributed by atoms with Crippen LogP contribution in [0.25, 0.3) is 0 Å². The minimum absolute atomic E-state index is 0.0475. The molecule has 2 amide bonds. The number of carbonyl (C=O) groups is 3. The normalized spacial score (nSPS) is 49.5. The average Bonchev–Trinajstić information content (AvgIpc) is 2.87. The van der Waals surface area contributed by atoms with Crippen LogP contribution in [0.2, 0.25) is 0 Å². The van der Waals surface area contributed by atoms with E-state index in [0.29, 0.717) is 30.0 Å². The van der Waals surface area contributed by atoms with Crippen molar-refractivity contribution in [2.24, 2.45) is 56.2 Å². The quantitative estimate of drug-likeness (QED) is 0.399. The second-order valence-corrected chi connectivity index (χ2v) is 16.8. The zero-order valence-electron chi connectivity index (χ0n) is 27.0. The van der Waals surface area contributed by atoms with Crippen molar-refractivity contribution in [3.05, 3.63) is 0 Å². The van der Waals surface area contributed by atoms with E-state index in [1.165, 1.54) is 17.9 Å². The topological polar surface area (TPSA) is 75.7 Å². The summed E-state index contributed by atoms with van der Waals surface area (Å²) in [4.78, 5) is 45.5. The van der Waals surface area contributed by atoms with Crippen LogP contribution in [0, 0.1) is 56.2 Å². The number of carbonyl (C=O) groups excluding carboxylic acids is 3. The fourth-order valence-electron chi connectivity index (χ4n) is 12.1. The second-order valence-electron chi connectivity index (χ2n) is 16.8. The van der Waals surface area contributed by atoms with Gasteiger partial charge < -0.3 is 5.32 Å². The summed E-state index contributed by atoms with van der Waals surface area (Å²) in [6.07, 6.45) is 9.88. The van der Waals surface area contributed by atoms with Crippen LogP contribution in [0.3, 0.4) is 0 Å². The third-order valence-corrected chi connectivity index (χ3v) is 14.6. The molecular weight excluding hydrogens is 500 g/mol. The molecule has 5 saturated carbocycles.